The van der Waals surface area contributed by atoms with Crippen LogP contribution in [0.25, 0.3) is 11.3 Å². The maximum absolute atomic E-state index is 12.6. The van der Waals surface area contributed by atoms with Gasteiger partial charge in [-0.2, -0.15) is 5.10 Å². The molecule has 0 fully saturated rings. The van der Waals surface area contributed by atoms with Crippen LogP contribution in [0.15, 0.2) is 18.2 Å². The Bertz CT molecular complexity index is 1010. The van der Waals surface area contributed by atoms with Crippen LogP contribution < -0.4 is 11.5 Å². The van der Waals surface area contributed by atoms with Gasteiger partial charge >= 0.3 is 0 Å². The summed E-state index contributed by atoms with van der Waals surface area (Å²) in [5.41, 5.74) is 15.7. The zero-order valence-corrected chi connectivity index (χ0v) is 16.7. The summed E-state index contributed by atoms with van der Waals surface area (Å²) < 4.78 is 28.1. The maximum atomic E-state index is 12.6. The lowest BCUT2D eigenvalue weighted by Crippen LogP contribution is -2.37. The van der Waals surface area contributed by atoms with Crippen molar-refractivity contribution in [2.45, 2.75) is 38.0 Å². The lowest BCUT2D eigenvalue weighted by molar-refractivity contribution is 0.0993. The van der Waals surface area contributed by atoms with E-state index in [1.54, 1.807) is 18.5 Å². The lowest BCUT2D eigenvalue weighted by atomic mass is 9.88. The van der Waals surface area contributed by atoms with Crippen molar-refractivity contribution in [3.05, 3.63) is 35.0 Å². The summed E-state index contributed by atoms with van der Waals surface area (Å²) in [4.78, 5) is 12.0. The van der Waals surface area contributed by atoms with Crippen molar-refractivity contribution in [1.29, 1.82) is 0 Å². The normalized spacial score (nSPS) is 15.9. The molecule has 146 valence electrons. The van der Waals surface area contributed by atoms with Gasteiger partial charge in [0.1, 0.15) is 0 Å². The van der Waals surface area contributed by atoms with Crippen LogP contribution in [0, 0.1) is 0 Å². The highest BCUT2D eigenvalue weighted by Crippen LogP contribution is 2.39. The van der Waals surface area contributed by atoms with Crippen LogP contribution in [0.4, 0.5) is 5.69 Å². The largest absolute Gasteiger partial charge is 0.399 e. The standard InChI is InChI=1S/C18H25N5O3S/c1-10(11(2)27(25,26)22(3)4)23-17-14(16(21-23)18(20)24)8-6-12-5-7-13(19)9-15(12)17/h5,7,9-11H,6,8,19H2,1-4H3,(H2,20,24)/t10-,11?/m0/s1. The van der Waals surface area contributed by atoms with Gasteiger partial charge in [0.05, 0.1) is 17.0 Å². The summed E-state index contributed by atoms with van der Waals surface area (Å²) in [7, 11) is -0.512. The van der Waals surface area contributed by atoms with Gasteiger partial charge in [0.15, 0.2) is 5.69 Å². The first-order valence-electron chi connectivity index (χ1n) is 8.77. The van der Waals surface area contributed by atoms with E-state index in [0.717, 1.165) is 28.8 Å². The van der Waals surface area contributed by atoms with Crippen LogP contribution in [0.3, 0.4) is 0 Å². The molecule has 2 aromatic rings. The number of rotatable bonds is 5. The Kier molecular flexibility index (Phi) is 4.77. The van der Waals surface area contributed by atoms with Crippen LogP contribution in [0.5, 0.6) is 0 Å². The second kappa shape index (κ2) is 6.65. The van der Waals surface area contributed by atoms with Gasteiger partial charge in [-0.1, -0.05) is 6.07 Å². The van der Waals surface area contributed by atoms with Gasteiger partial charge in [-0.25, -0.2) is 12.7 Å². The van der Waals surface area contributed by atoms with E-state index in [0.29, 0.717) is 12.1 Å². The minimum atomic E-state index is -3.52. The molecule has 1 unspecified atom stereocenters. The van der Waals surface area contributed by atoms with Gasteiger partial charge in [-0.05, 0) is 44.4 Å². The van der Waals surface area contributed by atoms with E-state index in [9.17, 15) is 13.2 Å². The van der Waals surface area contributed by atoms with E-state index < -0.39 is 27.2 Å². The predicted molar refractivity (Wildman–Crippen MR) is 105 cm³/mol. The molecule has 4 N–H and O–H groups in total. The Hall–Kier alpha value is -2.39. The minimum absolute atomic E-state index is 0.194. The third-order valence-electron chi connectivity index (χ3n) is 5.32. The third-order valence-corrected chi connectivity index (χ3v) is 7.67. The quantitative estimate of drug-likeness (QED) is 0.740. The molecule has 1 aromatic carbocycles. The first-order chi connectivity index (χ1) is 12.6. The number of aryl methyl sites for hydroxylation is 1. The van der Waals surface area contributed by atoms with Crippen LogP contribution in [-0.2, 0) is 22.9 Å². The van der Waals surface area contributed by atoms with Crippen LogP contribution in [0.2, 0.25) is 0 Å². The van der Waals surface area contributed by atoms with Crippen molar-refractivity contribution in [1.82, 2.24) is 14.1 Å². The van der Waals surface area contributed by atoms with E-state index in [2.05, 4.69) is 5.10 Å². The molecule has 0 saturated heterocycles. The lowest BCUT2D eigenvalue weighted by Gasteiger charge is -2.27. The average Bonchev–Trinajstić information content (AvgIpc) is 3.00. The maximum Gasteiger partial charge on any atom is 0.269 e. The van der Waals surface area contributed by atoms with Crippen LogP contribution in [0.1, 0.15) is 41.5 Å². The molecule has 3 rings (SSSR count). The van der Waals surface area contributed by atoms with Crippen molar-refractivity contribution in [3.63, 3.8) is 0 Å². The van der Waals surface area contributed by atoms with E-state index in [-0.39, 0.29) is 5.69 Å². The molecule has 1 heterocycles. The zero-order valence-electron chi connectivity index (χ0n) is 15.9. The fraction of sp³-hybridized carbons (Fsp3) is 0.444. The van der Waals surface area contributed by atoms with Crippen molar-refractivity contribution in [2.24, 2.45) is 5.73 Å². The fourth-order valence-corrected chi connectivity index (χ4v) is 4.83. The molecule has 1 aromatic heterocycles. The number of hydrogen-bond acceptors (Lipinski definition) is 5. The first kappa shape index (κ1) is 19.4. The highest BCUT2D eigenvalue weighted by molar-refractivity contribution is 7.89. The summed E-state index contributed by atoms with van der Waals surface area (Å²) in [5, 5.41) is 3.69. The Morgan fingerprint density at radius 3 is 2.52 bits per heavy atom. The SMILES string of the molecule is CC([C@H](C)n1nc(C(N)=O)c2c1-c1cc(N)ccc1CC2)S(=O)(=O)N(C)C. The van der Waals surface area contributed by atoms with Gasteiger partial charge in [0.2, 0.25) is 10.0 Å². The molecule has 1 aliphatic carbocycles. The molecule has 2 atom stereocenters. The van der Waals surface area contributed by atoms with Crippen LogP contribution >= 0.6 is 0 Å². The Morgan fingerprint density at radius 1 is 1.26 bits per heavy atom. The fourth-order valence-electron chi connectivity index (χ4n) is 3.56. The topological polar surface area (TPSA) is 124 Å². The summed E-state index contributed by atoms with van der Waals surface area (Å²) >= 11 is 0. The number of carbonyl (C=O) groups is 1. The Balaban J connectivity index is 2.22. The number of carbonyl (C=O) groups excluding carboxylic acids is 1. The van der Waals surface area contributed by atoms with E-state index in [4.69, 9.17) is 11.5 Å². The number of primary amides is 1. The Labute approximate surface area is 159 Å². The molecule has 0 spiro atoms. The average molecular weight is 391 g/mol. The minimum Gasteiger partial charge on any atom is -0.399 e. The number of nitrogen functional groups attached to an aromatic ring is 1. The number of sulfonamides is 1. The molecule has 9 heteroatoms. The number of anilines is 1. The highest BCUT2D eigenvalue weighted by atomic mass is 32.2. The second-order valence-electron chi connectivity index (χ2n) is 7.17. The van der Waals surface area contributed by atoms with Gasteiger partial charge in [-0.3, -0.25) is 9.48 Å². The van der Waals surface area contributed by atoms with Gasteiger partial charge in [0.25, 0.3) is 5.91 Å². The van der Waals surface area contributed by atoms with Gasteiger partial charge in [0, 0.05) is 30.9 Å². The summed E-state index contributed by atoms with van der Waals surface area (Å²) in [5.74, 6) is -0.618. The number of aromatic nitrogens is 2. The number of nitrogens with two attached hydrogens (primary N) is 2. The summed E-state index contributed by atoms with van der Waals surface area (Å²) in [6.07, 6.45) is 1.36. The molecule has 0 aliphatic heterocycles. The molecule has 0 saturated carbocycles. The third kappa shape index (κ3) is 3.10. The number of nitrogens with zero attached hydrogens (tertiary/aromatic N) is 3. The van der Waals surface area contributed by atoms with Crippen molar-refractivity contribution < 1.29 is 13.2 Å². The molecule has 0 radical (unpaired) electrons. The van der Waals surface area contributed by atoms with Crippen molar-refractivity contribution >= 4 is 21.6 Å². The van der Waals surface area contributed by atoms with E-state index in [1.165, 1.54) is 18.4 Å². The van der Waals surface area contributed by atoms with E-state index >= 15 is 0 Å². The molecule has 27 heavy (non-hydrogen) atoms. The van der Waals surface area contributed by atoms with Gasteiger partial charge in [-0.15, -0.1) is 0 Å². The van der Waals surface area contributed by atoms with Crippen molar-refractivity contribution in [3.8, 4) is 11.3 Å². The van der Waals surface area contributed by atoms with Gasteiger partial charge < -0.3 is 11.5 Å². The monoisotopic (exact) mass is 391 g/mol. The summed E-state index contributed by atoms with van der Waals surface area (Å²) in [6.45, 7) is 3.42. The highest BCUT2D eigenvalue weighted by Gasteiger charge is 2.35. The molecule has 0 bridgehead atoms. The number of amides is 1. The molecule has 1 aliphatic rings. The molecule has 1 amide bonds. The molecular weight excluding hydrogens is 366 g/mol. The van der Waals surface area contributed by atoms with E-state index in [1.807, 2.05) is 18.2 Å². The molecular formula is C18H25N5O3S. The number of hydrogen-bond donors (Lipinski definition) is 2. The summed E-state index contributed by atoms with van der Waals surface area (Å²) in [6, 6.07) is 5.13. The number of fused-ring (bicyclic) bond motifs is 3. The number of benzene rings is 1. The first-order valence-corrected chi connectivity index (χ1v) is 10.3. The second-order valence-corrected chi connectivity index (χ2v) is 9.68. The van der Waals surface area contributed by atoms with Crippen molar-refractivity contribution in [2.75, 3.05) is 19.8 Å². The van der Waals surface area contributed by atoms with Crippen LogP contribution in [-0.4, -0.2) is 47.8 Å². The zero-order chi connectivity index (χ0) is 20.1. The smallest absolute Gasteiger partial charge is 0.269 e. The Morgan fingerprint density at radius 2 is 1.93 bits per heavy atom. The molecule has 8 nitrogen and oxygen atoms in total. The predicted octanol–water partition coefficient (Wildman–Crippen LogP) is 1.17.